The minimum absolute atomic E-state index is 0.0842. The molecule has 7 heteroatoms. The molecule has 0 aliphatic carbocycles. The summed E-state index contributed by atoms with van der Waals surface area (Å²) in [4.78, 5) is 14.6. The lowest BCUT2D eigenvalue weighted by molar-refractivity contribution is 0.0727. The van der Waals surface area contributed by atoms with Gasteiger partial charge in [-0.25, -0.2) is 8.42 Å². The Hall–Kier alpha value is -3.58. The van der Waals surface area contributed by atoms with Gasteiger partial charge in [-0.3, -0.25) is 9.52 Å². The van der Waals surface area contributed by atoms with Gasteiger partial charge in [0.15, 0.2) is 0 Å². The number of nitrogens with zero attached hydrogens (tertiary/aromatic N) is 1. The molecule has 0 saturated heterocycles. The quantitative estimate of drug-likeness (QED) is 0.460. The predicted molar refractivity (Wildman–Crippen MR) is 120 cm³/mol. The maximum atomic E-state index is 12.9. The van der Waals surface area contributed by atoms with Gasteiger partial charge in [0, 0.05) is 23.7 Å². The normalized spacial score (nSPS) is 12.5. The topological polar surface area (TPSA) is 79.6 Å². The maximum absolute atomic E-state index is 12.9. The molecule has 0 aliphatic heterocycles. The number of carbonyl (C=O) groups is 1. The van der Waals surface area contributed by atoms with Crippen LogP contribution in [0.4, 0.5) is 5.69 Å². The first-order valence-corrected chi connectivity index (χ1v) is 11.3. The van der Waals surface area contributed by atoms with Crippen LogP contribution >= 0.6 is 0 Å². The second-order valence-corrected chi connectivity index (χ2v) is 8.96. The van der Waals surface area contributed by atoms with E-state index < -0.39 is 10.0 Å². The Labute approximate surface area is 181 Å². The molecule has 0 bridgehead atoms. The fraction of sp³-hybridized carbons (Fsp3) is 0.125. The zero-order valence-corrected chi connectivity index (χ0v) is 18.0. The first kappa shape index (κ1) is 20.7. The summed E-state index contributed by atoms with van der Waals surface area (Å²) in [5.74, 6) is 0.455. The Bertz CT molecular complexity index is 1280. The van der Waals surface area contributed by atoms with Gasteiger partial charge in [-0.1, -0.05) is 36.4 Å². The molecule has 1 unspecified atom stereocenters. The first-order chi connectivity index (χ1) is 14.8. The lowest BCUT2D eigenvalue weighted by atomic mass is 10.1. The van der Waals surface area contributed by atoms with Crippen LogP contribution in [0.3, 0.4) is 0 Å². The van der Waals surface area contributed by atoms with Crippen molar-refractivity contribution in [2.24, 2.45) is 0 Å². The van der Waals surface area contributed by atoms with E-state index in [2.05, 4.69) is 4.72 Å². The molecule has 0 fully saturated rings. The second-order valence-electron chi connectivity index (χ2n) is 7.27. The van der Waals surface area contributed by atoms with Crippen molar-refractivity contribution in [3.63, 3.8) is 0 Å². The highest BCUT2D eigenvalue weighted by atomic mass is 32.2. The summed E-state index contributed by atoms with van der Waals surface area (Å²) < 4.78 is 33.6. The Morgan fingerprint density at radius 2 is 1.58 bits per heavy atom. The van der Waals surface area contributed by atoms with Crippen molar-refractivity contribution in [1.29, 1.82) is 0 Å². The summed E-state index contributed by atoms with van der Waals surface area (Å²) in [5, 5.41) is 0.977. The van der Waals surface area contributed by atoms with Crippen LogP contribution in [0.15, 0.2) is 94.2 Å². The van der Waals surface area contributed by atoms with Gasteiger partial charge in [0.1, 0.15) is 11.3 Å². The van der Waals surface area contributed by atoms with E-state index in [1.165, 1.54) is 24.3 Å². The van der Waals surface area contributed by atoms with E-state index in [1.54, 1.807) is 42.3 Å². The molecule has 0 spiro atoms. The summed E-state index contributed by atoms with van der Waals surface area (Å²) in [6.07, 6.45) is 0. The summed E-state index contributed by atoms with van der Waals surface area (Å²) in [6.45, 7) is 1.89. The molecule has 31 heavy (non-hydrogen) atoms. The third kappa shape index (κ3) is 4.32. The van der Waals surface area contributed by atoms with Crippen LogP contribution in [0, 0.1) is 0 Å². The van der Waals surface area contributed by atoms with E-state index in [9.17, 15) is 13.2 Å². The minimum atomic E-state index is -3.74. The number of benzene rings is 3. The summed E-state index contributed by atoms with van der Waals surface area (Å²) in [6, 6.07) is 23.9. The van der Waals surface area contributed by atoms with Crippen LogP contribution in [0.2, 0.25) is 0 Å². The van der Waals surface area contributed by atoms with Crippen molar-refractivity contribution in [2.75, 3.05) is 11.8 Å². The molecule has 3 aromatic carbocycles. The van der Waals surface area contributed by atoms with Crippen LogP contribution in [-0.4, -0.2) is 26.3 Å². The zero-order valence-electron chi connectivity index (χ0n) is 17.1. The lowest BCUT2D eigenvalue weighted by Gasteiger charge is -2.23. The van der Waals surface area contributed by atoms with E-state index in [4.69, 9.17) is 4.42 Å². The SMILES string of the molecule is CC(c1cc2ccccc2o1)N(C)C(=O)c1ccc(S(=O)(=O)Nc2ccccc2)cc1. The van der Waals surface area contributed by atoms with E-state index >= 15 is 0 Å². The number of nitrogens with one attached hydrogen (secondary N) is 1. The molecular weight excluding hydrogens is 412 g/mol. The van der Waals surface area contributed by atoms with Gasteiger partial charge in [0.2, 0.25) is 0 Å². The Morgan fingerprint density at radius 3 is 2.26 bits per heavy atom. The fourth-order valence-electron chi connectivity index (χ4n) is 3.28. The lowest BCUT2D eigenvalue weighted by Crippen LogP contribution is -2.29. The van der Waals surface area contributed by atoms with Crippen molar-refractivity contribution in [2.45, 2.75) is 17.9 Å². The van der Waals surface area contributed by atoms with Crippen LogP contribution < -0.4 is 4.72 Å². The molecule has 158 valence electrons. The van der Waals surface area contributed by atoms with Gasteiger partial charge in [0.25, 0.3) is 15.9 Å². The Balaban J connectivity index is 1.50. The molecule has 1 aromatic heterocycles. The number of fused-ring (bicyclic) bond motifs is 1. The minimum Gasteiger partial charge on any atom is -0.459 e. The zero-order chi connectivity index (χ0) is 22.0. The van der Waals surface area contributed by atoms with Crippen LogP contribution in [0.5, 0.6) is 0 Å². The van der Waals surface area contributed by atoms with E-state index in [1.807, 2.05) is 37.3 Å². The number of anilines is 1. The van der Waals surface area contributed by atoms with E-state index in [0.717, 1.165) is 11.0 Å². The fourth-order valence-corrected chi connectivity index (χ4v) is 4.33. The first-order valence-electron chi connectivity index (χ1n) is 9.79. The van der Waals surface area contributed by atoms with E-state index in [-0.39, 0.29) is 16.8 Å². The van der Waals surface area contributed by atoms with Crippen molar-refractivity contribution in [1.82, 2.24) is 4.90 Å². The third-order valence-electron chi connectivity index (χ3n) is 5.20. The van der Waals surface area contributed by atoms with Crippen LogP contribution in [0.1, 0.15) is 29.1 Å². The molecule has 4 rings (SSSR count). The van der Waals surface area contributed by atoms with Crippen LogP contribution in [0.25, 0.3) is 11.0 Å². The summed E-state index contributed by atoms with van der Waals surface area (Å²) in [7, 11) is -2.04. The van der Waals surface area contributed by atoms with Crippen molar-refractivity contribution in [3.8, 4) is 0 Å². The largest absolute Gasteiger partial charge is 0.459 e. The Kier molecular flexibility index (Phi) is 5.52. The van der Waals surface area contributed by atoms with Crippen molar-refractivity contribution < 1.29 is 17.6 Å². The highest BCUT2D eigenvalue weighted by molar-refractivity contribution is 7.92. The molecule has 1 heterocycles. The number of furan rings is 1. The predicted octanol–water partition coefficient (Wildman–Crippen LogP) is 5.07. The number of hydrogen-bond donors (Lipinski definition) is 1. The summed E-state index contributed by atoms with van der Waals surface area (Å²) >= 11 is 0. The number of amides is 1. The molecule has 1 N–H and O–H groups in total. The van der Waals surface area contributed by atoms with Gasteiger partial charge in [-0.05, 0) is 55.5 Å². The molecule has 1 atom stereocenters. The Morgan fingerprint density at radius 1 is 0.935 bits per heavy atom. The second kappa shape index (κ2) is 8.28. The summed E-state index contributed by atoms with van der Waals surface area (Å²) in [5.41, 5.74) is 1.64. The smallest absolute Gasteiger partial charge is 0.261 e. The van der Waals surface area contributed by atoms with Gasteiger partial charge in [0.05, 0.1) is 10.9 Å². The van der Waals surface area contributed by atoms with Crippen LogP contribution in [-0.2, 0) is 10.0 Å². The molecule has 0 aliphatic rings. The van der Waals surface area contributed by atoms with Gasteiger partial charge in [-0.15, -0.1) is 0 Å². The van der Waals surface area contributed by atoms with Crippen molar-refractivity contribution >= 4 is 32.6 Å². The number of sulfonamides is 1. The monoisotopic (exact) mass is 434 g/mol. The standard InChI is InChI=1S/C24H22N2O4S/c1-17(23-16-19-8-6-7-11-22(19)30-23)26(2)24(27)18-12-14-21(15-13-18)31(28,29)25-20-9-4-3-5-10-20/h3-17,25H,1-2H3. The number of para-hydroxylation sites is 2. The van der Waals surface area contributed by atoms with Gasteiger partial charge < -0.3 is 9.32 Å². The average molecular weight is 435 g/mol. The number of rotatable bonds is 6. The maximum Gasteiger partial charge on any atom is 0.261 e. The number of carbonyl (C=O) groups excluding carboxylic acids is 1. The molecule has 0 radical (unpaired) electrons. The molecule has 0 saturated carbocycles. The average Bonchev–Trinajstić information content (AvgIpc) is 3.22. The highest BCUT2D eigenvalue weighted by Crippen LogP contribution is 2.27. The molecule has 4 aromatic rings. The van der Waals surface area contributed by atoms with E-state index in [0.29, 0.717) is 17.0 Å². The molecule has 1 amide bonds. The molecule has 6 nitrogen and oxygen atoms in total. The van der Waals surface area contributed by atoms with Gasteiger partial charge >= 0.3 is 0 Å². The molecular formula is C24H22N2O4S. The highest BCUT2D eigenvalue weighted by Gasteiger charge is 2.23. The van der Waals surface area contributed by atoms with Gasteiger partial charge in [-0.2, -0.15) is 0 Å². The third-order valence-corrected chi connectivity index (χ3v) is 6.59. The van der Waals surface area contributed by atoms with Crippen molar-refractivity contribution in [3.05, 3.63) is 96.3 Å². The number of hydrogen-bond acceptors (Lipinski definition) is 4.